The minimum absolute atomic E-state index is 0.326. The number of carboxylic acids is 1. The van der Waals surface area contributed by atoms with Crippen LogP contribution < -0.4 is 10.4 Å². The fraction of sp³-hybridized carbons (Fsp3) is 0.429. The number of hydrogen-bond donors (Lipinski definition) is 1. The number of nitrogens with one attached hydrogen (secondary N) is 1. The Kier molecular flexibility index (Phi) is 5.45. The maximum Gasteiger partial charge on any atom is 0.230 e. The van der Waals surface area contributed by atoms with E-state index in [9.17, 15) is 14.7 Å². The summed E-state index contributed by atoms with van der Waals surface area (Å²) in [5, 5.41) is 14.2. The summed E-state index contributed by atoms with van der Waals surface area (Å²) < 4.78 is 5.42. The summed E-state index contributed by atoms with van der Waals surface area (Å²) in [6.45, 7) is 0.527. The van der Waals surface area contributed by atoms with Gasteiger partial charge in [0.15, 0.2) is 0 Å². The number of carboxylic acid groups (broad SMARTS) is 1. The maximum atomic E-state index is 12.3. The maximum absolute atomic E-state index is 12.3. The number of amides is 1. The predicted molar refractivity (Wildman–Crippen MR) is 77.2 cm³/mol. The van der Waals surface area contributed by atoms with Crippen molar-refractivity contribution in [2.75, 3.05) is 11.9 Å². The average Bonchev–Trinajstić information content (AvgIpc) is 2.93. The Bertz CT molecular complexity index is 544. The average molecular weight is 331 g/mol. The van der Waals surface area contributed by atoms with Gasteiger partial charge < -0.3 is 20.0 Å². The van der Waals surface area contributed by atoms with Crippen LogP contribution in [0.2, 0.25) is 10.0 Å². The highest BCUT2D eigenvalue weighted by Crippen LogP contribution is 2.28. The van der Waals surface area contributed by atoms with Crippen LogP contribution in [0.15, 0.2) is 18.2 Å². The van der Waals surface area contributed by atoms with Crippen molar-refractivity contribution in [3.05, 3.63) is 28.2 Å². The molecule has 1 saturated heterocycles. The van der Waals surface area contributed by atoms with Crippen LogP contribution in [0.25, 0.3) is 0 Å². The molecule has 1 heterocycles. The number of rotatable bonds is 5. The predicted octanol–water partition coefficient (Wildman–Crippen LogP) is 1.87. The topological polar surface area (TPSA) is 78.5 Å². The summed E-state index contributed by atoms with van der Waals surface area (Å²) in [6.07, 6.45) is 0.642. The Morgan fingerprint density at radius 3 is 2.81 bits per heavy atom. The minimum atomic E-state index is -1.29. The highest BCUT2D eigenvalue weighted by Gasteiger charge is 2.32. The van der Waals surface area contributed by atoms with Crippen LogP contribution in [-0.4, -0.2) is 24.6 Å². The van der Waals surface area contributed by atoms with Gasteiger partial charge in [-0.1, -0.05) is 23.2 Å². The summed E-state index contributed by atoms with van der Waals surface area (Å²) in [5.74, 6) is -2.56. The first-order chi connectivity index (χ1) is 9.97. The first-order valence-corrected chi connectivity index (χ1v) is 7.30. The van der Waals surface area contributed by atoms with Gasteiger partial charge in [-0.05, 0) is 31.0 Å². The second-order valence-corrected chi connectivity index (χ2v) is 5.69. The number of hydrogen-bond acceptors (Lipinski definition) is 4. The number of halogens is 2. The molecule has 0 saturated carbocycles. The van der Waals surface area contributed by atoms with Crippen LogP contribution in [0.5, 0.6) is 0 Å². The molecule has 0 aromatic heterocycles. The van der Waals surface area contributed by atoms with E-state index in [1.807, 2.05) is 0 Å². The van der Waals surface area contributed by atoms with Gasteiger partial charge in [-0.2, -0.15) is 0 Å². The highest BCUT2D eigenvalue weighted by molar-refractivity contribution is 6.35. The van der Waals surface area contributed by atoms with Crippen molar-refractivity contribution in [2.24, 2.45) is 5.92 Å². The minimum Gasteiger partial charge on any atom is -0.550 e. The van der Waals surface area contributed by atoms with E-state index in [1.54, 1.807) is 12.1 Å². The molecule has 1 fully saturated rings. The molecule has 21 heavy (non-hydrogen) atoms. The molecule has 1 aliphatic rings. The highest BCUT2D eigenvalue weighted by atomic mass is 35.5. The van der Waals surface area contributed by atoms with Crippen molar-refractivity contribution in [3.63, 3.8) is 0 Å². The number of ether oxygens (including phenoxy) is 1. The first kappa shape index (κ1) is 16.1. The molecule has 5 nitrogen and oxygen atoms in total. The van der Waals surface area contributed by atoms with Gasteiger partial charge in [0, 0.05) is 24.0 Å². The summed E-state index contributed by atoms with van der Waals surface area (Å²) in [7, 11) is 0. The fourth-order valence-corrected chi connectivity index (χ4v) is 2.65. The molecule has 0 bridgehead atoms. The quantitative estimate of drug-likeness (QED) is 0.893. The first-order valence-electron chi connectivity index (χ1n) is 6.54. The van der Waals surface area contributed by atoms with Crippen LogP contribution in [0.4, 0.5) is 5.69 Å². The third-order valence-corrected chi connectivity index (χ3v) is 3.89. The molecule has 2 atom stereocenters. The molecule has 1 amide bonds. The van der Waals surface area contributed by atoms with E-state index in [-0.39, 0.29) is 0 Å². The molecule has 1 N–H and O–H groups in total. The van der Waals surface area contributed by atoms with Gasteiger partial charge in [0.05, 0.1) is 22.7 Å². The van der Waals surface area contributed by atoms with Crippen molar-refractivity contribution in [1.29, 1.82) is 0 Å². The zero-order valence-corrected chi connectivity index (χ0v) is 12.6. The number of benzene rings is 1. The fourth-order valence-electron chi connectivity index (χ4n) is 2.31. The second-order valence-electron chi connectivity index (χ2n) is 4.85. The summed E-state index contributed by atoms with van der Waals surface area (Å²) in [5.41, 5.74) is 0.343. The molecule has 1 aliphatic heterocycles. The Morgan fingerprint density at radius 2 is 2.19 bits per heavy atom. The Morgan fingerprint density at radius 1 is 1.43 bits per heavy atom. The Hall–Kier alpha value is -1.30. The van der Waals surface area contributed by atoms with E-state index in [0.717, 1.165) is 6.42 Å². The lowest BCUT2D eigenvalue weighted by molar-refractivity contribution is -0.307. The van der Waals surface area contributed by atoms with E-state index >= 15 is 0 Å². The van der Waals surface area contributed by atoms with Gasteiger partial charge in [0.1, 0.15) is 0 Å². The van der Waals surface area contributed by atoms with E-state index < -0.39 is 30.3 Å². The van der Waals surface area contributed by atoms with E-state index in [1.165, 1.54) is 6.07 Å². The lowest BCUT2D eigenvalue weighted by atomic mass is 9.95. The van der Waals surface area contributed by atoms with Gasteiger partial charge in [0.2, 0.25) is 5.91 Å². The van der Waals surface area contributed by atoms with Gasteiger partial charge in [0.25, 0.3) is 0 Å². The lowest BCUT2D eigenvalue weighted by Gasteiger charge is -2.23. The molecule has 0 aliphatic carbocycles. The normalized spacial score (nSPS) is 19.2. The van der Waals surface area contributed by atoms with Crippen molar-refractivity contribution >= 4 is 40.8 Å². The van der Waals surface area contributed by atoms with E-state index in [0.29, 0.717) is 28.8 Å². The lowest BCUT2D eigenvalue weighted by Crippen LogP contribution is -2.38. The van der Waals surface area contributed by atoms with Gasteiger partial charge in [-0.3, -0.25) is 4.79 Å². The van der Waals surface area contributed by atoms with Crippen LogP contribution in [0.1, 0.15) is 19.3 Å². The summed E-state index contributed by atoms with van der Waals surface area (Å²) >= 11 is 11.8. The van der Waals surface area contributed by atoms with Crippen molar-refractivity contribution < 1.29 is 19.4 Å². The molecule has 1 aromatic rings. The van der Waals surface area contributed by atoms with Crippen molar-refractivity contribution in [2.45, 2.75) is 25.4 Å². The number of carbonyl (C=O) groups excluding carboxylic acids is 2. The number of carbonyl (C=O) groups is 2. The second kappa shape index (κ2) is 7.11. The summed E-state index contributed by atoms with van der Waals surface area (Å²) in [6, 6.07) is 4.66. The molecular formula is C14H14Cl2NO4-. The van der Waals surface area contributed by atoms with Crippen LogP contribution in [-0.2, 0) is 14.3 Å². The zero-order valence-electron chi connectivity index (χ0n) is 11.1. The standard InChI is InChI=1S/C14H15Cl2NO4/c15-8-3-4-10(16)11(6-8)17-14(20)9(7-13(18)19)12-2-1-5-21-12/h3-4,6,9,12H,1-2,5,7H2,(H,17,20)(H,18,19)/p-1/t9-,12+/m1/s1. The van der Waals surface area contributed by atoms with Crippen LogP contribution >= 0.6 is 23.2 Å². The third kappa shape index (κ3) is 4.33. The molecule has 2 rings (SSSR count). The zero-order chi connectivity index (χ0) is 15.4. The van der Waals surface area contributed by atoms with E-state index in [4.69, 9.17) is 27.9 Å². The Labute approximate surface area is 132 Å². The van der Waals surface area contributed by atoms with Crippen LogP contribution in [0, 0.1) is 5.92 Å². The monoisotopic (exact) mass is 330 g/mol. The molecule has 114 valence electrons. The third-order valence-electron chi connectivity index (χ3n) is 3.32. The molecule has 0 unspecified atom stereocenters. The van der Waals surface area contributed by atoms with Gasteiger partial charge in [-0.25, -0.2) is 0 Å². The summed E-state index contributed by atoms with van der Waals surface area (Å²) in [4.78, 5) is 23.2. The SMILES string of the molecule is O=C([O-])C[C@@H](C(=O)Nc1cc(Cl)ccc1Cl)[C@@H]1CCCO1. The molecule has 0 spiro atoms. The molecular weight excluding hydrogens is 317 g/mol. The Balaban J connectivity index is 2.13. The number of anilines is 1. The van der Waals surface area contributed by atoms with Gasteiger partial charge >= 0.3 is 0 Å². The smallest absolute Gasteiger partial charge is 0.230 e. The molecule has 0 radical (unpaired) electrons. The molecule has 7 heteroatoms. The van der Waals surface area contributed by atoms with E-state index in [2.05, 4.69) is 5.32 Å². The molecule has 1 aromatic carbocycles. The van der Waals surface area contributed by atoms with Crippen LogP contribution in [0.3, 0.4) is 0 Å². The number of aliphatic carboxylic acids is 1. The van der Waals surface area contributed by atoms with Gasteiger partial charge in [-0.15, -0.1) is 0 Å². The van der Waals surface area contributed by atoms with Crippen molar-refractivity contribution in [1.82, 2.24) is 0 Å². The van der Waals surface area contributed by atoms with Crippen molar-refractivity contribution in [3.8, 4) is 0 Å². The largest absolute Gasteiger partial charge is 0.550 e.